The molecule has 20 heavy (non-hydrogen) atoms. The van der Waals surface area contributed by atoms with Gasteiger partial charge in [0.15, 0.2) is 0 Å². The first-order valence-electron chi connectivity index (χ1n) is 6.47. The van der Waals surface area contributed by atoms with Crippen LogP contribution < -0.4 is 5.32 Å². The van der Waals surface area contributed by atoms with E-state index >= 15 is 0 Å². The summed E-state index contributed by atoms with van der Waals surface area (Å²) in [4.78, 5) is 10.3. The smallest absolute Gasteiger partial charge is 0.270 e. The molecule has 1 aromatic rings. The van der Waals surface area contributed by atoms with Gasteiger partial charge < -0.3 is 5.32 Å². The van der Waals surface area contributed by atoms with Crippen LogP contribution in [0.3, 0.4) is 0 Å². The summed E-state index contributed by atoms with van der Waals surface area (Å²) in [5.41, 5.74) is 1.10. The molecule has 1 aliphatic rings. The van der Waals surface area contributed by atoms with Gasteiger partial charge in [-0.15, -0.1) is 0 Å². The van der Waals surface area contributed by atoms with E-state index in [0.29, 0.717) is 11.3 Å². The zero-order chi connectivity index (χ0) is 14.8. The Morgan fingerprint density at radius 3 is 2.90 bits per heavy atom. The predicted molar refractivity (Wildman–Crippen MR) is 80.9 cm³/mol. The Morgan fingerprint density at radius 1 is 1.55 bits per heavy atom. The number of hydrogen-bond donors (Lipinski definition) is 1. The van der Waals surface area contributed by atoms with Gasteiger partial charge in [0.05, 0.1) is 16.2 Å². The maximum atomic E-state index is 10.7. The van der Waals surface area contributed by atoms with Crippen LogP contribution in [0.2, 0.25) is 0 Å². The van der Waals surface area contributed by atoms with Crippen molar-refractivity contribution >= 4 is 23.1 Å². The molecule has 1 N–H and O–H groups in total. The lowest BCUT2D eigenvalue weighted by Gasteiger charge is -2.39. The maximum Gasteiger partial charge on any atom is 0.270 e. The number of rotatable bonds is 3. The number of nitro benzene ring substituents is 1. The van der Waals surface area contributed by atoms with Crippen molar-refractivity contribution < 1.29 is 4.92 Å². The van der Waals surface area contributed by atoms with E-state index in [1.165, 1.54) is 12.1 Å². The number of benzene rings is 1. The van der Waals surface area contributed by atoms with Crippen LogP contribution in [-0.2, 0) is 0 Å². The van der Waals surface area contributed by atoms with E-state index in [1.807, 2.05) is 17.8 Å². The van der Waals surface area contributed by atoms with Crippen LogP contribution in [0.4, 0.5) is 11.4 Å². The minimum absolute atomic E-state index is 0.0515. The molecule has 5 nitrogen and oxygen atoms in total. The summed E-state index contributed by atoms with van der Waals surface area (Å²) in [6, 6.07) is 6.69. The van der Waals surface area contributed by atoms with Crippen molar-refractivity contribution in [3.63, 3.8) is 0 Å². The van der Waals surface area contributed by atoms with Crippen LogP contribution in [0.15, 0.2) is 18.2 Å². The van der Waals surface area contributed by atoms with Crippen molar-refractivity contribution in [2.45, 2.75) is 26.3 Å². The number of anilines is 1. The highest BCUT2D eigenvalue weighted by atomic mass is 32.2. The molecule has 0 saturated carbocycles. The molecule has 1 fully saturated rings. The predicted octanol–water partition coefficient (Wildman–Crippen LogP) is 3.41. The largest absolute Gasteiger partial charge is 0.380 e. The van der Waals surface area contributed by atoms with E-state index in [-0.39, 0.29) is 17.1 Å². The van der Waals surface area contributed by atoms with Crippen LogP contribution in [0, 0.1) is 26.9 Å². The van der Waals surface area contributed by atoms with E-state index < -0.39 is 4.92 Å². The van der Waals surface area contributed by atoms with Gasteiger partial charge >= 0.3 is 0 Å². The number of non-ortho nitro benzene ring substituents is 1. The second-order valence-electron chi connectivity index (χ2n) is 5.61. The molecule has 0 bridgehead atoms. The molecule has 106 valence electrons. The Hall–Kier alpha value is -1.74. The number of hydrogen-bond acceptors (Lipinski definition) is 5. The zero-order valence-corrected chi connectivity index (χ0v) is 12.4. The minimum Gasteiger partial charge on any atom is -0.380 e. The molecule has 1 unspecified atom stereocenters. The highest BCUT2D eigenvalue weighted by molar-refractivity contribution is 7.99. The summed E-state index contributed by atoms with van der Waals surface area (Å²) in [6.45, 7) is 4.42. The van der Waals surface area contributed by atoms with Crippen molar-refractivity contribution in [1.29, 1.82) is 5.26 Å². The normalized spacial score (nSPS) is 20.9. The first-order valence-corrected chi connectivity index (χ1v) is 7.62. The molecule has 1 saturated heterocycles. The molecule has 1 heterocycles. The molecule has 1 aromatic carbocycles. The van der Waals surface area contributed by atoms with Gasteiger partial charge in [-0.25, -0.2) is 0 Å². The van der Waals surface area contributed by atoms with Crippen molar-refractivity contribution in [2.24, 2.45) is 5.41 Å². The molecule has 0 amide bonds. The molecule has 0 aromatic heterocycles. The molecular formula is C14H17N3O2S. The quantitative estimate of drug-likeness (QED) is 0.682. The average molecular weight is 291 g/mol. The van der Waals surface area contributed by atoms with E-state index in [1.54, 1.807) is 6.07 Å². The fraction of sp³-hybridized carbons (Fsp3) is 0.500. The second-order valence-corrected chi connectivity index (χ2v) is 6.76. The standard InChI is InChI=1S/C14H17N3O2S/c1-14(2)5-6-20-9-13(14)16-12-4-3-11(17(18)19)7-10(12)8-15/h3-4,7,13,16H,5-6,9H2,1-2H3. The Bertz CT molecular complexity index is 566. The third-order valence-corrected chi connectivity index (χ3v) is 4.84. The fourth-order valence-electron chi connectivity index (χ4n) is 2.23. The van der Waals surface area contributed by atoms with Crippen molar-refractivity contribution in [1.82, 2.24) is 0 Å². The number of nitriles is 1. The van der Waals surface area contributed by atoms with Crippen LogP contribution in [0.5, 0.6) is 0 Å². The minimum atomic E-state index is -0.481. The molecule has 6 heteroatoms. The van der Waals surface area contributed by atoms with E-state index in [9.17, 15) is 10.1 Å². The third-order valence-electron chi connectivity index (χ3n) is 3.78. The third kappa shape index (κ3) is 3.05. The van der Waals surface area contributed by atoms with Gasteiger partial charge in [0.25, 0.3) is 5.69 Å². The maximum absolute atomic E-state index is 10.7. The molecule has 0 radical (unpaired) electrons. The monoisotopic (exact) mass is 291 g/mol. The van der Waals surface area contributed by atoms with E-state index in [0.717, 1.165) is 17.9 Å². The molecule has 1 aliphatic heterocycles. The summed E-state index contributed by atoms with van der Waals surface area (Å²) >= 11 is 1.89. The van der Waals surface area contributed by atoms with E-state index in [2.05, 4.69) is 19.2 Å². The highest BCUT2D eigenvalue weighted by Crippen LogP contribution is 2.36. The Morgan fingerprint density at radius 2 is 2.30 bits per heavy atom. The topological polar surface area (TPSA) is 79.0 Å². The molecule has 0 aliphatic carbocycles. The number of nitrogens with zero attached hydrogens (tertiary/aromatic N) is 2. The summed E-state index contributed by atoms with van der Waals surface area (Å²) < 4.78 is 0. The van der Waals surface area contributed by atoms with Crippen LogP contribution in [-0.4, -0.2) is 22.5 Å². The van der Waals surface area contributed by atoms with Gasteiger partial charge in [-0.2, -0.15) is 17.0 Å². The number of nitro groups is 1. The summed E-state index contributed by atoms with van der Waals surface area (Å²) in [5, 5.41) is 23.3. The Balaban J connectivity index is 2.25. The van der Waals surface area contributed by atoms with Crippen molar-refractivity contribution in [3.8, 4) is 6.07 Å². The first-order chi connectivity index (χ1) is 9.44. The summed E-state index contributed by atoms with van der Waals surface area (Å²) in [6.07, 6.45) is 1.12. The van der Waals surface area contributed by atoms with Gasteiger partial charge in [0.1, 0.15) is 6.07 Å². The SMILES string of the molecule is CC1(C)CCSCC1Nc1ccc([N+](=O)[O-])cc1C#N. The Kier molecular flexibility index (Phi) is 4.19. The van der Waals surface area contributed by atoms with Gasteiger partial charge in [-0.05, 0) is 23.7 Å². The lowest BCUT2D eigenvalue weighted by molar-refractivity contribution is -0.384. The molecule has 2 rings (SSSR count). The van der Waals surface area contributed by atoms with Crippen molar-refractivity contribution in [2.75, 3.05) is 16.8 Å². The summed E-state index contributed by atoms with van der Waals surface area (Å²) in [7, 11) is 0. The lowest BCUT2D eigenvalue weighted by Crippen LogP contribution is -2.41. The second kappa shape index (κ2) is 5.71. The number of thioether (sulfide) groups is 1. The molecule has 1 atom stereocenters. The van der Waals surface area contributed by atoms with Crippen LogP contribution in [0.25, 0.3) is 0 Å². The Labute approximate surface area is 122 Å². The van der Waals surface area contributed by atoms with Gasteiger partial charge in [-0.3, -0.25) is 10.1 Å². The summed E-state index contributed by atoms with van der Waals surface area (Å²) in [5.74, 6) is 2.13. The van der Waals surface area contributed by atoms with Gasteiger partial charge in [-0.1, -0.05) is 13.8 Å². The van der Waals surface area contributed by atoms with Gasteiger partial charge in [0.2, 0.25) is 0 Å². The van der Waals surface area contributed by atoms with Gasteiger partial charge in [0, 0.05) is 23.9 Å². The first kappa shape index (κ1) is 14.7. The van der Waals surface area contributed by atoms with Crippen LogP contribution in [0.1, 0.15) is 25.8 Å². The average Bonchev–Trinajstić information content (AvgIpc) is 2.41. The van der Waals surface area contributed by atoms with Crippen LogP contribution >= 0.6 is 11.8 Å². The number of nitrogens with one attached hydrogen (secondary N) is 1. The van der Waals surface area contributed by atoms with E-state index in [4.69, 9.17) is 5.26 Å². The zero-order valence-electron chi connectivity index (χ0n) is 11.5. The lowest BCUT2D eigenvalue weighted by atomic mass is 9.82. The highest BCUT2D eigenvalue weighted by Gasteiger charge is 2.33. The van der Waals surface area contributed by atoms with Crippen molar-refractivity contribution in [3.05, 3.63) is 33.9 Å². The fourth-order valence-corrected chi connectivity index (χ4v) is 3.83. The molecular weight excluding hydrogens is 274 g/mol. The molecule has 0 spiro atoms.